The number of hydrogen-bond donors (Lipinski definition) is 1. The van der Waals surface area contributed by atoms with Crippen LogP contribution in [-0.4, -0.2) is 42.5 Å². The van der Waals surface area contributed by atoms with Crippen LogP contribution in [0, 0.1) is 6.92 Å². The molecule has 2 heterocycles. The van der Waals surface area contributed by atoms with Crippen molar-refractivity contribution >= 4 is 44.0 Å². The molecule has 0 bridgehead atoms. The second kappa shape index (κ2) is 7.64. The number of nitrogens with one attached hydrogen (secondary N) is 1. The van der Waals surface area contributed by atoms with E-state index in [1.807, 2.05) is 19.1 Å². The molecule has 1 aromatic carbocycles. The maximum atomic E-state index is 12.7. The lowest BCUT2D eigenvalue weighted by Crippen LogP contribution is -2.49. The molecule has 0 radical (unpaired) electrons. The van der Waals surface area contributed by atoms with Crippen molar-refractivity contribution < 1.29 is 13.2 Å². The number of anilines is 1. The van der Waals surface area contributed by atoms with Crippen molar-refractivity contribution in [2.24, 2.45) is 0 Å². The van der Waals surface area contributed by atoms with Crippen LogP contribution < -0.4 is 5.32 Å². The Bertz CT molecular complexity index is 910. The van der Waals surface area contributed by atoms with Crippen molar-refractivity contribution in [2.45, 2.75) is 32.2 Å². The van der Waals surface area contributed by atoms with Gasteiger partial charge in [-0.15, -0.1) is 11.3 Å². The van der Waals surface area contributed by atoms with E-state index in [1.165, 1.54) is 15.6 Å². The number of piperidine rings is 1. The van der Waals surface area contributed by atoms with Gasteiger partial charge in [-0.1, -0.05) is 30.2 Å². The Balaban J connectivity index is 1.79. The minimum atomic E-state index is -3.42. The summed E-state index contributed by atoms with van der Waals surface area (Å²) in [5, 5.41) is 3.91. The Morgan fingerprint density at radius 1 is 1.31 bits per heavy atom. The van der Waals surface area contributed by atoms with Crippen molar-refractivity contribution in [3.05, 3.63) is 34.2 Å². The third-order valence-electron chi connectivity index (χ3n) is 4.33. The second-order valence-electron chi connectivity index (χ2n) is 6.31. The van der Waals surface area contributed by atoms with Gasteiger partial charge in [-0.25, -0.2) is 13.4 Å². The van der Waals surface area contributed by atoms with E-state index >= 15 is 0 Å². The van der Waals surface area contributed by atoms with E-state index < -0.39 is 16.1 Å². The lowest BCUT2D eigenvalue weighted by Gasteiger charge is -2.32. The summed E-state index contributed by atoms with van der Waals surface area (Å²) in [7, 11) is -3.42. The fourth-order valence-electron chi connectivity index (χ4n) is 3.08. The van der Waals surface area contributed by atoms with Crippen LogP contribution in [0.15, 0.2) is 24.3 Å². The summed E-state index contributed by atoms with van der Waals surface area (Å²) >= 11 is 7.29. The molecule has 1 aromatic heterocycles. The lowest BCUT2D eigenvalue weighted by atomic mass is 10.0. The summed E-state index contributed by atoms with van der Waals surface area (Å²) in [6, 6.07) is 6.66. The molecule has 0 spiro atoms. The molecule has 1 unspecified atom stereocenters. The average molecular weight is 414 g/mol. The van der Waals surface area contributed by atoms with Gasteiger partial charge in [-0.3, -0.25) is 4.79 Å². The van der Waals surface area contributed by atoms with Gasteiger partial charge in [0.05, 0.1) is 11.9 Å². The molecule has 2 aromatic rings. The fourth-order valence-corrected chi connectivity index (χ4v) is 5.17. The number of aromatic nitrogens is 1. The van der Waals surface area contributed by atoms with Crippen LogP contribution in [-0.2, 0) is 14.8 Å². The largest absolute Gasteiger partial charge is 0.301 e. The van der Waals surface area contributed by atoms with Crippen LogP contribution in [0.1, 0.15) is 24.1 Å². The summed E-state index contributed by atoms with van der Waals surface area (Å²) < 4.78 is 25.2. The number of rotatable bonds is 4. The van der Waals surface area contributed by atoms with E-state index in [0.717, 1.165) is 35.2 Å². The number of hydrogen-bond acceptors (Lipinski definition) is 5. The van der Waals surface area contributed by atoms with Crippen molar-refractivity contribution in [1.29, 1.82) is 0 Å². The number of halogens is 1. The van der Waals surface area contributed by atoms with Crippen LogP contribution in [0.5, 0.6) is 0 Å². The third kappa shape index (κ3) is 4.25. The molecule has 140 valence electrons. The van der Waals surface area contributed by atoms with Crippen LogP contribution in [0.25, 0.3) is 11.3 Å². The van der Waals surface area contributed by atoms with Gasteiger partial charge in [0.25, 0.3) is 0 Å². The Labute approximate surface area is 162 Å². The predicted octanol–water partition coefficient (Wildman–Crippen LogP) is 3.52. The van der Waals surface area contributed by atoms with Crippen molar-refractivity contribution in [3.8, 4) is 11.3 Å². The molecule has 1 saturated heterocycles. The summed E-state index contributed by atoms with van der Waals surface area (Å²) in [5.41, 5.74) is 1.70. The molecule has 26 heavy (non-hydrogen) atoms. The first-order chi connectivity index (χ1) is 12.3. The number of thiazole rings is 1. The second-order valence-corrected chi connectivity index (χ2v) is 9.88. The summed E-state index contributed by atoms with van der Waals surface area (Å²) in [4.78, 5) is 18.1. The van der Waals surface area contributed by atoms with Gasteiger partial charge in [-0.05, 0) is 31.9 Å². The number of amides is 1. The van der Waals surface area contributed by atoms with Gasteiger partial charge in [0.15, 0.2) is 5.13 Å². The number of nitrogens with zero attached hydrogens (tertiary/aromatic N) is 2. The van der Waals surface area contributed by atoms with Crippen LogP contribution in [0.2, 0.25) is 5.02 Å². The number of aryl methyl sites for hydroxylation is 1. The molecule has 0 aliphatic carbocycles. The van der Waals surface area contributed by atoms with E-state index in [-0.39, 0.29) is 5.91 Å². The first kappa shape index (κ1) is 19.3. The molecule has 1 aliphatic heterocycles. The Kier molecular flexibility index (Phi) is 5.67. The maximum Gasteiger partial charge on any atom is 0.244 e. The van der Waals surface area contributed by atoms with Crippen molar-refractivity contribution in [2.75, 3.05) is 18.1 Å². The predicted molar refractivity (Wildman–Crippen MR) is 105 cm³/mol. The van der Waals surface area contributed by atoms with Crippen LogP contribution >= 0.6 is 22.9 Å². The summed E-state index contributed by atoms with van der Waals surface area (Å²) in [5.74, 6) is -0.327. The van der Waals surface area contributed by atoms with E-state index in [2.05, 4.69) is 10.3 Å². The van der Waals surface area contributed by atoms with Gasteiger partial charge in [0, 0.05) is 22.0 Å². The highest BCUT2D eigenvalue weighted by atomic mass is 35.5. The fraction of sp³-hybridized carbons (Fsp3) is 0.412. The number of sulfonamides is 1. The number of benzene rings is 1. The summed E-state index contributed by atoms with van der Waals surface area (Å²) in [6.45, 7) is 2.31. The molecule has 1 N–H and O–H groups in total. The van der Waals surface area contributed by atoms with Crippen molar-refractivity contribution in [3.63, 3.8) is 0 Å². The topological polar surface area (TPSA) is 79.4 Å². The Hall–Kier alpha value is -1.48. The standard InChI is InChI=1S/C17H20ClN3O3S2/c1-11-15(12-6-8-13(18)9-7-12)19-17(25-11)20-16(22)14-5-3-4-10-21(14)26(2,23)24/h6-9,14H,3-5,10H2,1-2H3,(H,19,20,22). The molecule has 1 amide bonds. The maximum absolute atomic E-state index is 12.7. The number of carbonyl (C=O) groups excluding carboxylic acids is 1. The molecule has 1 aliphatic rings. The molecule has 0 saturated carbocycles. The van der Waals surface area contributed by atoms with Gasteiger partial charge in [0.2, 0.25) is 15.9 Å². The molecule has 9 heteroatoms. The van der Waals surface area contributed by atoms with Crippen molar-refractivity contribution in [1.82, 2.24) is 9.29 Å². The van der Waals surface area contributed by atoms with E-state index in [9.17, 15) is 13.2 Å². The average Bonchev–Trinajstić information content (AvgIpc) is 2.95. The van der Waals surface area contributed by atoms with Gasteiger partial charge < -0.3 is 5.32 Å². The quantitative estimate of drug-likeness (QED) is 0.831. The SMILES string of the molecule is Cc1sc(NC(=O)C2CCCCN2S(C)(=O)=O)nc1-c1ccc(Cl)cc1. The molecule has 6 nitrogen and oxygen atoms in total. The minimum Gasteiger partial charge on any atom is -0.301 e. The molecule has 1 fully saturated rings. The van der Waals surface area contributed by atoms with Gasteiger partial charge in [-0.2, -0.15) is 4.31 Å². The van der Waals surface area contributed by atoms with Crippen LogP contribution in [0.4, 0.5) is 5.13 Å². The van der Waals surface area contributed by atoms with E-state index in [4.69, 9.17) is 11.6 Å². The monoisotopic (exact) mass is 413 g/mol. The highest BCUT2D eigenvalue weighted by Gasteiger charge is 2.34. The first-order valence-corrected chi connectivity index (χ1v) is 11.3. The van der Waals surface area contributed by atoms with E-state index in [0.29, 0.717) is 23.1 Å². The Morgan fingerprint density at radius 2 is 2.00 bits per heavy atom. The normalized spacial score (nSPS) is 18.7. The number of carbonyl (C=O) groups is 1. The zero-order valence-corrected chi connectivity index (χ0v) is 16.9. The lowest BCUT2D eigenvalue weighted by molar-refractivity contribution is -0.120. The molecular weight excluding hydrogens is 394 g/mol. The van der Waals surface area contributed by atoms with E-state index in [1.54, 1.807) is 12.1 Å². The molecule has 1 atom stereocenters. The first-order valence-electron chi connectivity index (χ1n) is 8.27. The Morgan fingerprint density at radius 3 is 2.65 bits per heavy atom. The minimum absolute atomic E-state index is 0.327. The highest BCUT2D eigenvalue weighted by Crippen LogP contribution is 2.31. The van der Waals surface area contributed by atoms with Crippen LogP contribution in [0.3, 0.4) is 0 Å². The third-order valence-corrected chi connectivity index (χ3v) is 6.75. The summed E-state index contributed by atoms with van der Waals surface area (Å²) in [6.07, 6.45) is 3.27. The highest BCUT2D eigenvalue weighted by molar-refractivity contribution is 7.88. The molecule has 3 rings (SSSR count). The van der Waals surface area contributed by atoms with Gasteiger partial charge >= 0.3 is 0 Å². The van der Waals surface area contributed by atoms with Gasteiger partial charge in [0.1, 0.15) is 6.04 Å². The zero-order valence-electron chi connectivity index (χ0n) is 14.5. The zero-order chi connectivity index (χ0) is 18.9. The smallest absolute Gasteiger partial charge is 0.244 e. The molecular formula is C17H20ClN3O3S2.